The van der Waals surface area contributed by atoms with Crippen molar-refractivity contribution in [2.45, 2.75) is 51.1 Å². The normalized spacial score (nSPS) is 20.2. The fraction of sp³-hybridized carbons (Fsp3) is 0.818. The molecular formula is C11H20N2O3. The number of amides is 2. The third-order valence-corrected chi connectivity index (χ3v) is 3.06. The molecule has 0 aromatic carbocycles. The van der Waals surface area contributed by atoms with Crippen LogP contribution in [-0.4, -0.2) is 35.1 Å². The molecule has 16 heavy (non-hydrogen) atoms. The van der Waals surface area contributed by atoms with E-state index in [1.807, 2.05) is 0 Å². The Bertz CT molecular complexity index is 272. The lowest BCUT2D eigenvalue weighted by Crippen LogP contribution is -2.55. The number of nitrogens with one attached hydrogen (secondary N) is 2. The van der Waals surface area contributed by atoms with Crippen LogP contribution in [0.15, 0.2) is 0 Å². The van der Waals surface area contributed by atoms with Crippen LogP contribution in [0, 0.1) is 0 Å². The van der Waals surface area contributed by atoms with E-state index in [0.717, 1.165) is 25.7 Å². The van der Waals surface area contributed by atoms with Crippen LogP contribution in [0.2, 0.25) is 0 Å². The van der Waals surface area contributed by atoms with Gasteiger partial charge in [0.05, 0.1) is 12.1 Å². The fourth-order valence-electron chi connectivity index (χ4n) is 2.11. The van der Waals surface area contributed by atoms with E-state index in [1.165, 1.54) is 6.92 Å². The smallest absolute Gasteiger partial charge is 0.242 e. The summed E-state index contributed by atoms with van der Waals surface area (Å²) in [7, 11) is 0. The Hall–Kier alpha value is -1.10. The Balaban J connectivity index is 2.51. The summed E-state index contributed by atoms with van der Waals surface area (Å²) in [4.78, 5) is 22.6. The van der Waals surface area contributed by atoms with Gasteiger partial charge >= 0.3 is 0 Å². The predicted octanol–water partition coefficient (Wildman–Crippen LogP) is -0.0677. The Morgan fingerprint density at radius 3 is 2.38 bits per heavy atom. The monoisotopic (exact) mass is 228 g/mol. The summed E-state index contributed by atoms with van der Waals surface area (Å²) < 4.78 is 0. The molecule has 1 atom stereocenters. The number of aliphatic hydroxyl groups excluding tert-OH is 1. The van der Waals surface area contributed by atoms with Crippen molar-refractivity contribution in [2.24, 2.45) is 0 Å². The molecule has 1 fully saturated rings. The highest BCUT2D eigenvalue weighted by atomic mass is 16.3. The van der Waals surface area contributed by atoms with Crippen LogP contribution in [0.1, 0.15) is 39.5 Å². The zero-order valence-electron chi connectivity index (χ0n) is 9.88. The van der Waals surface area contributed by atoms with E-state index < -0.39 is 11.6 Å². The minimum absolute atomic E-state index is 0.0362. The minimum Gasteiger partial charge on any atom is -0.394 e. The first-order chi connectivity index (χ1) is 7.49. The molecule has 2 amide bonds. The molecule has 1 rings (SSSR count). The van der Waals surface area contributed by atoms with Gasteiger partial charge in [-0.25, -0.2) is 0 Å². The van der Waals surface area contributed by atoms with E-state index in [0.29, 0.717) is 0 Å². The second-order valence-corrected chi connectivity index (χ2v) is 4.56. The maximum Gasteiger partial charge on any atom is 0.242 e. The Labute approximate surface area is 95.6 Å². The van der Waals surface area contributed by atoms with Crippen LogP contribution in [0.4, 0.5) is 0 Å². The number of hydrogen-bond donors (Lipinski definition) is 3. The molecule has 5 nitrogen and oxygen atoms in total. The van der Waals surface area contributed by atoms with Gasteiger partial charge in [0, 0.05) is 6.92 Å². The van der Waals surface area contributed by atoms with Gasteiger partial charge in [-0.1, -0.05) is 12.8 Å². The Morgan fingerprint density at radius 2 is 1.94 bits per heavy atom. The predicted molar refractivity (Wildman–Crippen MR) is 59.7 cm³/mol. The van der Waals surface area contributed by atoms with Crippen LogP contribution in [0.5, 0.6) is 0 Å². The summed E-state index contributed by atoms with van der Waals surface area (Å²) in [5.41, 5.74) is -0.468. The number of aliphatic hydroxyl groups is 1. The molecule has 0 spiro atoms. The SMILES string of the molecule is CC(=O)NC(C)C(=O)NC1(CO)CCCC1. The first kappa shape index (κ1) is 13.0. The third-order valence-electron chi connectivity index (χ3n) is 3.06. The third kappa shape index (κ3) is 3.20. The molecule has 92 valence electrons. The van der Waals surface area contributed by atoms with Gasteiger partial charge in [-0.05, 0) is 19.8 Å². The standard InChI is InChI=1S/C11H20N2O3/c1-8(12-9(2)15)10(16)13-11(7-14)5-3-4-6-11/h8,14H,3-7H2,1-2H3,(H,12,15)(H,13,16). The lowest BCUT2D eigenvalue weighted by atomic mass is 9.98. The van der Waals surface area contributed by atoms with Crippen molar-refractivity contribution in [3.63, 3.8) is 0 Å². The van der Waals surface area contributed by atoms with Crippen molar-refractivity contribution in [1.82, 2.24) is 10.6 Å². The van der Waals surface area contributed by atoms with Crippen molar-refractivity contribution >= 4 is 11.8 Å². The van der Waals surface area contributed by atoms with Gasteiger partial charge in [-0.3, -0.25) is 9.59 Å². The van der Waals surface area contributed by atoms with Gasteiger partial charge in [0.25, 0.3) is 0 Å². The lowest BCUT2D eigenvalue weighted by molar-refractivity contribution is -0.129. The van der Waals surface area contributed by atoms with Crippen LogP contribution in [0.25, 0.3) is 0 Å². The average Bonchev–Trinajstić information content (AvgIpc) is 2.66. The van der Waals surface area contributed by atoms with Crippen LogP contribution < -0.4 is 10.6 Å². The number of carbonyl (C=O) groups excluding carboxylic acids is 2. The van der Waals surface area contributed by atoms with Crippen molar-refractivity contribution in [3.8, 4) is 0 Å². The molecule has 0 heterocycles. The molecule has 3 N–H and O–H groups in total. The van der Waals surface area contributed by atoms with Crippen molar-refractivity contribution in [3.05, 3.63) is 0 Å². The molecule has 5 heteroatoms. The summed E-state index contributed by atoms with van der Waals surface area (Å²) in [6, 6.07) is -0.554. The second kappa shape index (κ2) is 5.30. The van der Waals surface area contributed by atoms with Crippen molar-refractivity contribution < 1.29 is 14.7 Å². The van der Waals surface area contributed by atoms with Gasteiger partial charge in [0.15, 0.2) is 0 Å². The van der Waals surface area contributed by atoms with Gasteiger partial charge in [0.2, 0.25) is 11.8 Å². The molecular weight excluding hydrogens is 208 g/mol. The van der Waals surface area contributed by atoms with Crippen LogP contribution in [-0.2, 0) is 9.59 Å². The summed E-state index contributed by atoms with van der Waals surface area (Å²) in [5, 5.41) is 14.7. The van der Waals surface area contributed by atoms with Crippen molar-refractivity contribution in [1.29, 1.82) is 0 Å². The molecule has 0 saturated heterocycles. The number of rotatable bonds is 4. The maximum absolute atomic E-state index is 11.8. The number of carbonyl (C=O) groups is 2. The van der Waals surface area contributed by atoms with E-state index in [2.05, 4.69) is 10.6 Å². The molecule has 1 saturated carbocycles. The van der Waals surface area contributed by atoms with Gasteiger partial charge in [0.1, 0.15) is 6.04 Å². The van der Waals surface area contributed by atoms with Gasteiger partial charge in [-0.15, -0.1) is 0 Å². The first-order valence-electron chi connectivity index (χ1n) is 5.69. The molecule has 1 aliphatic rings. The maximum atomic E-state index is 11.8. The van der Waals surface area contributed by atoms with Gasteiger partial charge in [-0.2, -0.15) is 0 Å². The van der Waals surface area contributed by atoms with Crippen molar-refractivity contribution in [2.75, 3.05) is 6.61 Å². The highest BCUT2D eigenvalue weighted by Gasteiger charge is 2.35. The summed E-state index contributed by atoms with van der Waals surface area (Å²) in [5.74, 6) is -0.460. The Morgan fingerprint density at radius 1 is 1.38 bits per heavy atom. The molecule has 0 aromatic heterocycles. The average molecular weight is 228 g/mol. The molecule has 0 bridgehead atoms. The molecule has 0 radical (unpaired) electrons. The number of hydrogen-bond acceptors (Lipinski definition) is 3. The molecule has 0 aliphatic heterocycles. The topological polar surface area (TPSA) is 78.4 Å². The van der Waals surface area contributed by atoms with E-state index in [-0.39, 0.29) is 18.4 Å². The van der Waals surface area contributed by atoms with E-state index >= 15 is 0 Å². The summed E-state index contributed by atoms with van der Waals surface area (Å²) in [6.07, 6.45) is 3.66. The van der Waals surface area contributed by atoms with E-state index in [1.54, 1.807) is 6.92 Å². The molecule has 1 aliphatic carbocycles. The van der Waals surface area contributed by atoms with Crippen LogP contribution >= 0.6 is 0 Å². The summed E-state index contributed by atoms with van der Waals surface area (Å²) >= 11 is 0. The molecule has 1 unspecified atom stereocenters. The fourth-order valence-corrected chi connectivity index (χ4v) is 2.11. The van der Waals surface area contributed by atoms with E-state index in [9.17, 15) is 14.7 Å². The Kier molecular flexibility index (Phi) is 4.29. The zero-order chi connectivity index (χ0) is 12.2. The zero-order valence-corrected chi connectivity index (χ0v) is 9.88. The second-order valence-electron chi connectivity index (χ2n) is 4.56. The minimum atomic E-state index is -0.554. The highest BCUT2D eigenvalue weighted by Crippen LogP contribution is 2.29. The quantitative estimate of drug-likeness (QED) is 0.630. The molecule has 0 aromatic rings. The van der Waals surface area contributed by atoms with E-state index in [4.69, 9.17) is 0 Å². The van der Waals surface area contributed by atoms with Crippen LogP contribution in [0.3, 0.4) is 0 Å². The lowest BCUT2D eigenvalue weighted by Gasteiger charge is -2.29. The largest absolute Gasteiger partial charge is 0.394 e. The highest BCUT2D eigenvalue weighted by molar-refractivity contribution is 5.86. The first-order valence-corrected chi connectivity index (χ1v) is 5.69. The summed E-state index contributed by atoms with van der Waals surface area (Å²) in [6.45, 7) is 2.98. The van der Waals surface area contributed by atoms with Gasteiger partial charge < -0.3 is 15.7 Å².